The lowest BCUT2D eigenvalue weighted by atomic mass is 10.0. The van der Waals surface area contributed by atoms with Gasteiger partial charge in [0.15, 0.2) is 0 Å². The van der Waals surface area contributed by atoms with Gasteiger partial charge in [-0.15, -0.1) is 0 Å². The summed E-state index contributed by atoms with van der Waals surface area (Å²) in [6.07, 6.45) is 0. The quantitative estimate of drug-likeness (QED) is 0.257. The van der Waals surface area contributed by atoms with Crippen LogP contribution >= 0.6 is 34.8 Å². The fraction of sp³-hybridized carbons (Fsp3) is 0.138. The Morgan fingerprint density at radius 3 is 2.11 bits per heavy atom. The molecule has 0 spiro atoms. The third-order valence-electron chi connectivity index (χ3n) is 6.22. The summed E-state index contributed by atoms with van der Waals surface area (Å²) in [4.78, 5) is 17.6. The number of hydrogen-bond donors (Lipinski definition) is 0. The highest BCUT2D eigenvalue weighted by Gasteiger charge is 2.32. The Morgan fingerprint density at radius 1 is 0.750 bits per heavy atom. The molecule has 0 unspecified atom stereocenters. The smallest absolute Gasteiger partial charge is 0.253 e. The second-order valence-corrected chi connectivity index (χ2v) is 9.83. The van der Waals surface area contributed by atoms with Crippen LogP contribution in [0.1, 0.15) is 22.0 Å². The minimum atomic E-state index is -0.0978. The molecular weight excluding hydrogens is 515 g/mol. The first-order chi connectivity index (χ1) is 17.5. The second-order valence-electron chi connectivity index (χ2n) is 8.55. The van der Waals surface area contributed by atoms with Crippen LogP contribution in [0, 0.1) is 0 Å². The predicted molar refractivity (Wildman–Crippen MR) is 147 cm³/mol. The average molecular weight is 538 g/mol. The van der Waals surface area contributed by atoms with Crippen LogP contribution in [-0.4, -0.2) is 30.4 Å². The Hall–Kier alpha value is -3.18. The number of nitrogens with zero attached hydrogens (tertiary/aromatic N) is 2. The zero-order valence-electron chi connectivity index (χ0n) is 19.3. The maximum atomic E-state index is 13.5. The molecule has 4 nitrogen and oxygen atoms in total. The van der Waals surface area contributed by atoms with Crippen molar-refractivity contribution >= 4 is 46.4 Å². The molecule has 4 aromatic carbocycles. The summed E-state index contributed by atoms with van der Waals surface area (Å²) in [7, 11) is 0. The zero-order chi connectivity index (χ0) is 25.1. The minimum Gasteiger partial charge on any atom is -0.457 e. The van der Waals surface area contributed by atoms with E-state index in [1.54, 1.807) is 18.2 Å². The Balaban J connectivity index is 1.37. The van der Waals surface area contributed by atoms with Crippen LogP contribution in [0.4, 0.5) is 5.69 Å². The Morgan fingerprint density at radius 2 is 1.42 bits per heavy atom. The maximum Gasteiger partial charge on any atom is 0.253 e. The SMILES string of the molecule is O=C(c1ccc(Oc2ccccc2)cc1)N1CCN(c2ccc(Cl)cc2Cl)[C@H](c2ccc(Cl)cc2)C1. The number of carbonyl (C=O) groups is 1. The van der Waals surface area contributed by atoms with Crippen molar-refractivity contribution in [2.75, 3.05) is 24.5 Å². The monoisotopic (exact) mass is 536 g/mol. The van der Waals surface area contributed by atoms with Crippen molar-refractivity contribution < 1.29 is 9.53 Å². The molecule has 0 aliphatic carbocycles. The summed E-state index contributed by atoms with van der Waals surface area (Å²) in [6.45, 7) is 1.68. The summed E-state index contributed by atoms with van der Waals surface area (Å²) < 4.78 is 5.86. The van der Waals surface area contributed by atoms with Crippen molar-refractivity contribution in [1.82, 2.24) is 4.90 Å². The molecule has 1 heterocycles. The van der Waals surface area contributed by atoms with Gasteiger partial charge in [0.25, 0.3) is 5.91 Å². The molecule has 1 atom stereocenters. The van der Waals surface area contributed by atoms with E-state index in [1.165, 1.54) is 0 Å². The molecule has 0 radical (unpaired) electrons. The number of hydrogen-bond acceptors (Lipinski definition) is 3. The van der Waals surface area contributed by atoms with E-state index in [0.29, 0.717) is 46.0 Å². The van der Waals surface area contributed by atoms with Crippen molar-refractivity contribution in [3.63, 3.8) is 0 Å². The molecule has 0 aromatic heterocycles. The number of rotatable bonds is 5. The topological polar surface area (TPSA) is 32.8 Å². The lowest BCUT2D eigenvalue weighted by Gasteiger charge is -2.43. The molecule has 1 fully saturated rings. The van der Waals surface area contributed by atoms with E-state index in [1.807, 2.05) is 83.8 Å². The van der Waals surface area contributed by atoms with Crippen molar-refractivity contribution in [3.05, 3.63) is 123 Å². The normalized spacial score (nSPS) is 15.6. The fourth-order valence-corrected chi connectivity index (χ4v) is 5.06. The molecule has 0 bridgehead atoms. The third-order valence-corrected chi connectivity index (χ3v) is 7.01. The van der Waals surface area contributed by atoms with Crippen LogP contribution in [0.2, 0.25) is 15.1 Å². The van der Waals surface area contributed by atoms with Gasteiger partial charge >= 0.3 is 0 Å². The van der Waals surface area contributed by atoms with Gasteiger partial charge in [-0.1, -0.05) is 65.1 Å². The highest BCUT2D eigenvalue weighted by molar-refractivity contribution is 6.36. The molecule has 4 aromatic rings. The lowest BCUT2D eigenvalue weighted by Crippen LogP contribution is -2.50. The second kappa shape index (κ2) is 10.8. The van der Waals surface area contributed by atoms with Gasteiger partial charge in [0.05, 0.1) is 16.8 Å². The van der Waals surface area contributed by atoms with Gasteiger partial charge in [0, 0.05) is 35.2 Å². The molecule has 1 aliphatic rings. The van der Waals surface area contributed by atoms with E-state index < -0.39 is 0 Å². The number of ether oxygens (including phenoxy) is 1. The van der Waals surface area contributed by atoms with Crippen molar-refractivity contribution in [2.45, 2.75) is 6.04 Å². The predicted octanol–water partition coefficient (Wildman–Crippen LogP) is 8.14. The lowest BCUT2D eigenvalue weighted by molar-refractivity contribution is 0.0722. The molecule has 182 valence electrons. The number of piperazine rings is 1. The number of halogens is 3. The van der Waals surface area contributed by atoms with Crippen molar-refractivity contribution in [1.29, 1.82) is 0 Å². The highest BCUT2D eigenvalue weighted by Crippen LogP contribution is 2.37. The molecule has 1 aliphatic heterocycles. The van der Waals surface area contributed by atoms with Crippen LogP contribution in [0.15, 0.2) is 97.1 Å². The van der Waals surface area contributed by atoms with Gasteiger partial charge < -0.3 is 14.5 Å². The highest BCUT2D eigenvalue weighted by atomic mass is 35.5. The average Bonchev–Trinajstić information content (AvgIpc) is 2.90. The number of carbonyl (C=O) groups excluding carboxylic acids is 1. The van der Waals surface area contributed by atoms with Gasteiger partial charge in [-0.3, -0.25) is 4.79 Å². The maximum absolute atomic E-state index is 13.5. The van der Waals surface area contributed by atoms with Crippen LogP contribution in [0.25, 0.3) is 0 Å². The van der Waals surface area contributed by atoms with Gasteiger partial charge in [-0.2, -0.15) is 0 Å². The summed E-state index contributed by atoms with van der Waals surface area (Å²) >= 11 is 18.9. The molecule has 0 saturated carbocycles. The van der Waals surface area contributed by atoms with Gasteiger partial charge in [0.1, 0.15) is 11.5 Å². The Kier molecular flexibility index (Phi) is 7.38. The standard InChI is InChI=1S/C29H23Cl3N2O2/c30-22-10-6-20(7-11-22)28-19-33(16-17-34(28)27-15-12-23(31)18-26(27)32)29(35)21-8-13-25(14-9-21)36-24-4-2-1-3-5-24/h1-15,18,28H,16-17,19H2/t28-/m0/s1. The van der Waals surface area contributed by atoms with Gasteiger partial charge in [-0.25, -0.2) is 0 Å². The summed E-state index contributed by atoms with van der Waals surface area (Å²) in [5, 5.41) is 1.83. The van der Waals surface area contributed by atoms with E-state index in [2.05, 4.69) is 4.90 Å². The number of para-hydroxylation sites is 1. The van der Waals surface area contributed by atoms with Gasteiger partial charge in [0.2, 0.25) is 0 Å². The van der Waals surface area contributed by atoms with E-state index in [-0.39, 0.29) is 11.9 Å². The molecule has 1 saturated heterocycles. The Bertz CT molecular complexity index is 1350. The summed E-state index contributed by atoms with van der Waals surface area (Å²) in [5.41, 5.74) is 2.55. The fourth-order valence-electron chi connectivity index (χ4n) is 4.41. The molecule has 0 N–H and O–H groups in total. The van der Waals surface area contributed by atoms with E-state index in [9.17, 15) is 4.79 Å². The number of amides is 1. The van der Waals surface area contributed by atoms with Crippen molar-refractivity contribution in [2.24, 2.45) is 0 Å². The first kappa shape index (κ1) is 24.5. The molecule has 7 heteroatoms. The molecule has 1 amide bonds. The zero-order valence-corrected chi connectivity index (χ0v) is 21.5. The van der Waals surface area contributed by atoms with E-state index in [4.69, 9.17) is 39.5 Å². The summed E-state index contributed by atoms with van der Waals surface area (Å²) in [6, 6.07) is 29.9. The van der Waals surface area contributed by atoms with Gasteiger partial charge in [-0.05, 0) is 72.3 Å². The number of benzene rings is 4. The minimum absolute atomic E-state index is 0.0259. The van der Waals surface area contributed by atoms with Crippen molar-refractivity contribution in [3.8, 4) is 11.5 Å². The summed E-state index contributed by atoms with van der Waals surface area (Å²) in [5.74, 6) is 1.40. The molecule has 36 heavy (non-hydrogen) atoms. The first-order valence-corrected chi connectivity index (χ1v) is 12.7. The third kappa shape index (κ3) is 5.46. The Labute approximate surface area is 225 Å². The van der Waals surface area contributed by atoms with Crippen LogP contribution in [-0.2, 0) is 0 Å². The first-order valence-electron chi connectivity index (χ1n) is 11.6. The van der Waals surface area contributed by atoms with Crippen LogP contribution in [0.5, 0.6) is 11.5 Å². The van der Waals surface area contributed by atoms with E-state index >= 15 is 0 Å². The molecular formula is C29H23Cl3N2O2. The van der Waals surface area contributed by atoms with Crippen LogP contribution < -0.4 is 9.64 Å². The number of anilines is 1. The van der Waals surface area contributed by atoms with Crippen LogP contribution in [0.3, 0.4) is 0 Å². The van der Waals surface area contributed by atoms with E-state index in [0.717, 1.165) is 17.0 Å². The molecule has 5 rings (SSSR count). The largest absolute Gasteiger partial charge is 0.457 e.